The predicted molar refractivity (Wildman–Crippen MR) is 111 cm³/mol. The summed E-state index contributed by atoms with van der Waals surface area (Å²) in [4.78, 5) is 24.3. The largest absolute Gasteiger partial charge is 0.459 e. The monoisotopic (exact) mass is 387 g/mol. The van der Waals surface area contributed by atoms with Gasteiger partial charge in [-0.1, -0.05) is 42.5 Å². The smallest absolute Gasteiger partial charge is 0.291 e. The number of nitrogens with one attached hydrogen (secondary N) is 2. The minimum atomic E-state index is -0.308. The summed E-state index contributed by atoms with van der Waals surface area (Å²) in [5.41, 5.74) is 6.07. The number of hydrazone groups is 1. The van der Waals surface area contributed by atoms with Crippen molar-refractivity contribution in [2.24, 2.45) is 11.0 Å². The maximum atomic E-state index is 12.3. The van der Waals surface area contributed by atoms with Crippen molar-refractivity contribution < 1.29 is 14.0 Å². The quantitative estimate of drug-likeness (QED) is 0.492. The van der Waals surface area contributed by atoms with Gasteiger partial charge in [0.2, 0.25) is 5.91 Å². The number of nitrogens with zero attached hydrogens (tertiary/aromatic N) is 1. The van der Waals surface area contributed by atoms with E-state index >= 15 is 0 Å². The molecule has 0 bridgehead atoms. The van der Waals surface area contributed by atoms with Crippen molar-refractivity contribution in [2.75, 3.05) is 5.32 Å². The summed E-state index contributed by atoms with van der Waals surface area (Å²) in [5, 5.41) is 6.99. The van der Waals surface area contributed by atoms with Gasteiger partial charge in [-0.25, -0.2) is 5.43 Å². The third kappa shape index (κ3) is 4.43. The topological polar surface area (TPSA) is 83.7 Å². The summed E-state index contributed by atoms with van der Waals surface area (Å²) in [6.45, 7) is 1.83. The van der Waals surface area contributed by atoms with Gasteiger partial charge in [-0.05, 0) is 54.7 Å². The van der Waals surface area contributed by atoms with E-state index in [9.17, 15) is 9.59 Å². The first-order valence-electron chi connectivity index (χ1n) is 9.46. The molecule has 4 rings (SSSR count). The summed E-state index contributed by atoms with van der Waals surface area (Å²) < 4.78 is 5.07. The molecule has 0 radical (unpaired) electrons. The maximum absolute atomic E-state index is 12.3. The number of hydrogen-bond acceptors (Lipinski definition) is 4. The van der Waals surface area contributed by atoms with Crippen LogP contribution in [0.2, 0.25) is 0 Å². The summed E-state index contributed by atoms with van der Waals surface area (Å²) in [6.07, 6.45) is 2.31. The molecule has 1 aliphatic carbocycles. The van der Waals surface area contributed by atoms with Crippen molar-refractivity contribution in [3.05, 3.63) is 89.9 Å². The van der Waals surface area contributed by atoms with Crippen LogP contribution in [0.25, 0.3) is 0 Å². The molecule has 2 aromatic carbocycles. The lowest BCUT2D eigenvalue weighted by Crippen LogP contribution is -2.21. The number of carbonyl (C=O) groups is 2. The zero-order chi connectivity index (χ0) is 20.2. The second kappa shape index (κ2) is 8.14. The van der Waals surface area contributed by atoms with Crippen molar-refractivity contribution in [3.63, 3.8) is 0 Å². The van der Waals surface area contributed by atoms with Gasteiger partial charge in [-0.2, -0.15) is 5.10 Å². The van der Waals surface area contributed by atoms with Crippen LogP contribution in [0.15, 0.2) is 82.5 Å². The molecule has 6 nitrogen and oxygen atoms in total. The van der Waals surface area contributed by atoms with Crippen molar-refractivity contribution in [3.8, 4) is 0 Å². The van der Waals surface area contributed by atoms with Crippen LogP contribution in [0, 0.1) is 5.92 Å². The van der Waals surface area contributed by atoms with E-state index in [-0.39, 0.29) is 29.4 Å². The van der Waals surface area contributed by atoms with Gasteiger partial charge in [0.1, 0.15) is 0 Å². The molecule has 0 spiro atoms. The highest BCUT2D eigenvalue weighted by molar-refractivity contribution is 6.03. The standard InChI is InChI=1S/C23H21N3O3/c1-15(25-26-22(27)20-14-19(20)17-6-3-2-4-7-17)16-9-11-18(12-10-16)24-23(28)21-8-5-13-29-21/h2-13,19-20H,14H2,1H3,(H,24,28)(H,26,27)/b25-15-/t19-,20+/m0/s1. The van der Waals surface area contributed by atoms with E-state index in [0.29, 0.717) is 11.4 Å². The van der Waals surface area contributed by atoms with Crippen LogP contribution in [0.1, 0.15) is 40.9 Å². The lowest BCUT2D eigenvalue weighted by molar-refractivity contribution is -0.122. The normalized spacial score (nSPS) is 18.2. The molecule has 0 aliphatic heterocycles. The molecule has 2 N–H and O–H groups in total. The van der Waals surface area contributed by atoms with E-state index in [0.717, 1.165) is 12.0 Å². The van der Waals surface area contributed by atoms with Crippen LogP contribution < -0.4 is 10.7 Å². The number of amides is 2. The first kappa shape index (κ1) is 18.7. The summed E-state index contributed by atoms with van der Waals surface area (Å²) >= 11 is 0. The first-order chi connectivity index (χ1) is 14.1. The Labute approximate surface area is 168 Å². The Balaban J connectivity index is 1.32. The summed E-state index contributed by atoms with van der Waals surface area (Å²) in [6, 6.07) is 20.6. The minimum absolute atomic E-state index is 0.0202. The lowest BCUT2D eigenvalue weighted by atomic mass is 10.1. The second-order valence-corrected chi connectivity index (χ2v) is 7.04. The van der Waals surface area contributed by atoms with Crippen molar-refractivity contribution in [2.45, 2.75) is 19.3 Å². The van der Waals surface area contributed by atoms with Gasteiger partial charge in [0.15, 0.2) is 5.76 Å². The molecule has 1 heterocycles. The van der Waals surface area contributed by atoms with E-state index in [1.165, 1.54) is 11.8 Å². The van der Waals surface area contributed by atoms with E-state index in [1.807, 2.05) is 37.3 Å². The number of carbonyl (C=O) groups excluding carboxylic acids is 2. The Morgan fingerprint density at radius 3 is 2.45 bits per heavy atom. The van der Waals surface area contributed by atoms with Gasteiger partial charge >= 0.3 is 0 Å². The highest BCUT2D eigenvalue weighted by Crippen LogP contribution is 2.47. The Kier molecular flexibility index (Phi) is 5.24. The maximum Gasteiger partial charge on any atom is 0.291 e. The molecule has 3 aromatic rings. The number of hydrogen-bond donors (Lipinski definition) is 2. The lowest BCUT2D eigenvalue weighted by Gasteiger charge is -2.06. The molecule has 1 fully saturated rings. The van der Waals surface area contributed by atoms with Gasteiger partial charge < -0.3 is 9.73 Å². The van der Waals surface area contributed by atoms with Crippen LogP contribution in [0.5, 0.6) is 0 Å². The molecule has 0 unspecified atom stereocenters. The second-order valence-electron chi connectivity index (χ2n) is 7.04. The van der Waals surface area contributed by atoms with Crippen LogP contribution in [-0.2, 0) is 4.79 Å². The molecule has 0 saturated heterocycles. The zero-order valence-electron chi connectivity index (χ0n) is 16.0. The Bertz CT molecular complexity index is 1020. The van der Waals surface area contributed by atoms with Crippen molar-refractivity contribution in [1.82, 2.24) is 5.43 Å². The molecule has 29 heavy (non-hydrogen) atoms. The van der Waals surface area contributed by atoms with Crippen LogP contribution >= 0.6 is 0 Å². The molecule has 146 valence electrons. The average molecular weight is 387 g/mol. The fraction of sp³-hybridized carbons (Fsp3) is 0.174. The number of rotatable bonds is 6. The molecule has 2 atom stereocenters. The highest BCUT2D eigenvalue weighted by atomic mass is 16.3. The highest BCUT2D eigenvalue weighted by Gasteiger charge is 2.43. The molecule has 1 saturated carbocycles. The fourth-order valence-corrected chi connectivity index (χ4v) is 3.24. The number of anilines is 1. The molecular weight excluding hydrogens is 366 g/mol. The number of benzene rings is 2. The van der Waals surface area contributed by atoms with Crippen LogP contribution in [0.4, 0.5) is 5.69 Å². The summed E-state index contributed by atoms with van der Waals surface area (Å²) in [5.74, 6) is 0.152. The van der Waals surface area contributed by atoms with Crippen molar-refractivity contribution in [1.29, 1.82) is 0 Å². The fourth-order valence-electron chi connectivity index (χ4n) is 3.24. The minimum Gasteiger partial charge on any atom is -0.459 e. The Morgan fingerprint density at radius 2 is 1.76 bits per heavy atom. The molecule has 1 aliphatic rings. The van der Waals surface area contributed by atoms with Gasteiger partial charge in [-0.15, -0.1) is 0 Å². The van der Waals surface area contributed by atoms with Gasteiger partial charge in [-0.3, -0.25) is 9.59 Å². The number of furan rings is 1. The Morgan fingerprint density at radius 1 is 1.00 bits per heavy atom. The first-order valence-corrected chi connectivity index (χ1v) is 9.46. The van der Waals surface area contributed by atoms with Crippen LogP contribution in [-0.4, -0.2) is 17.5 Å². The van der Waals surface area contributed by atoms with E-state index in [4.69, 9.17) is 4.42 Å². The SMILES string of the molecule is C/C(=N/NC(=O)[C@@H]1C[C@H]1c1ccccc1)c1ccc(NC(=O)c2ccco2)cc1. The summed E-state index contributed by atoms with van der Waals surface area (Å²) in [7, 11) is 0. The zero-order valence-corrected chi connectivity index (χ0v) is 16.0. The third-order valence-electron chi connectivity index (χ3n) is 4.99. The molecule has 2 amide bonds. The predicted octanol–water partition coefficient (Wildman–Crippen LogP) is 4.18. The Hall–Kier alpha value is -3.67. The molecule has 6 heteroatoms. The van der Waals surface area contributed by atoms with Crippen LogP contribution in [0.3, 0.4) is 0 Å². The van der Waals surface area contributed by atoms with E-state index in [1.54, 1.807) is 24.3 Å². The molecule has 1 aromatic heterocycles. The van der Waals surface area contributed by atoms with Gasteiger partial charge in [0.05, 0.1) is 12.0 Å². The van der Waals surface area contributed by atoms with E-state index in [2.05, 4.69) is 28.0 Å². The van der Waals surface area contributed by atoms with Crippen molar-refractivity contribution >= 4 is 23.2 Å². The van der Waals surface area contributed by atoms with E-state index < -0.39 is 0 Å². The molecular formula is C23H21N3O3. The van der Waals surface area contributed by atoms with Gasteiger partial charge in [0, 0.05) is 11.6 Å². The third-order valence-corrected chi connectivity index (χ3v) is 4.99. The van der Waals surface area contributed by atoms with Gasteiger partial charge in [0.25, 0.3) is 5.91 Å². The average Bonchev–Trinajstić information content (AvgIpc) is 3.37.